The molecule has 0 aliphatic heterocycles. The van der Waals surface area contributed by atoms with Gasteiger partial charge in [0.2, 0.25) is 0 Å². The van der Waals surface area contributed by atoms with Crippen LogP contribution in [0.15, 0.2) is 29.3 Å². The predicted octanol–water partition coefficient (Wildman–Crippen LogP) is 3.01. The fraction of sp³-hybridized carbons (Fsp3) is 0.467. The van der Waals surface area contributed by atoms with Crippen LogP contribution in [0.3, 0.4) is 0 Å². The highest BCUT2D eigenvalue weighted by molar-refractivity contribution is 5.83. The van der Waals surface area contributed by atoms with Gasteiger partial charge in [0.1, 0.15) is 11.3 Å². The third kappa shape index (κ3) is 2.62. The van der Waals surface area contributed by atoms with Gasteiger partial charge >= 0.3 is 0 Å². The minimum atomic E-state index is -0.00273. The second-order valence-electron chi connectivity index (χ2n) is 5.29. The zero-order chi connectivity index (χ0) is 14.0. The van der Waals surface area contributed by atoms with Gasteiger partial charge in [0.05, 0.1) is 18.8 Å². The molecular formula is C15H20N2O2. The van der Waals surface area contributed by atoms with Gasteiger partial charge in [-0.15, -0.1) is 0 Å². The van der Waals surface area contributed by atoms with E-state index >= 15 is 0 Å². The molecular weight excluding hydrogens is 240 g/mol. The molecule has 0 aliphatic rings. The minimum absolute atomic E-state index is 0.00273. The summed E-state index contributed by atoms with van der Waals surface area (Å²) in [5.74, 6) is 1.18. The number of benzene rings is 1. The summed E-state index contributed by atoms with van der Waals surface area (Å²) in [4.78, 5) is 16.9. The lowest BCUT2D eigenvalue weighted by Crippen LogP contribution is -2.24. The van der Waals surface area contributed by atoms with Crippen molar-refractivity contribution in [3.05, 3.63) is 34.9 Å². The number of methoxy groups -OCH3 is 1. The summed E-state index contributed by atoms with van der Waals surface area (Å²) < 4.78 is 6.95. The van der Waals surface area contributed by atoms with Gasteiger partial charge in [0.25, 0.3) is 5.56 Å². The van der Waals surface area contributed by atoms with Crippen LogP contribution in [0.25, 0.3) is 10.9 Å². The quantitative estimate of drug-likeness (QED) is 0.848. The summed E-state index contributed by atoms with van der Waals surface area (Å²) in [5.41, 5.74) is 0.625. The molecule has 2 rings (SSSR count). The van der Waals surface area contributed by atoms with Gasteiger partial charge in [-0.25, -0.2) is 4.98 Å². The first-order valence-corrected chi connectivity index (χ1v) is 6.58. The summed E-state index contributed by atoms with van der Waals surface area (Å²) in [5, 5.41) is 0.609. The van der Waals surface area contributed by atoms with Crippen LogP contribution in [0.2, 0.25) is 0 Å². The first kappa shape index (κ1) is 13.6. The van der Waals surface area contributed by atoms with Crippen LogP contribution in [0.1, 0.15) is 33.2 Å². The molecule has 0 fully saturated rings. The lowest BCUT2D eigenvalue weighted by molar-refractivity contribution is 0.412. The van der Waals surface area contributed by atoms with E-state index < -0.39 is 0 Å². The molecule has 0 bridgehead atoms. The second kappa shape index (κ2) is 5.43. The van der Waals surface area contributed by atoms with Crippen LogP contribution >= 0.6 is 0 Å². The maximum atomic E-state index is 12.5. The number of hydrogen-bond acceptors (Lipinski definition) is 3. The monoisotopic (exact) mass is 260 g/mol. The standard InChI is InChI=1S/C15H20N2O2/c1-10(2)8-11(3)17-9-16-14-12(15(17)18)6-5-7-13(14)19-4/h5-7,9-11H,8H2,1-4H3. The lowest BCUT2D eigenvalue weighted by Gasteiger charge is -2.17. The molecule has 0 amide bonds. The fourth-order valence-electron chi connectivity index (χ4n) is 2.41. The van der Waals surface area contributed by atoms with E-state index in [2.05, 4.69) is 25.8 Å². The number of aromatic nitrogens is 2. The molecule has 1 aromatic carbocycles. The van der Waals surface area contributed by atoms with Crippen LogP contribution in [0, 0.1) is 5.92 Å². The maximum absolute atomic E-state index is 12.5. The fourth-order valence-corrected chi connectivity index (χ4v) is 2.41. The van der Waals surface area contributed by atoms with Gasteiger partial charge in [-0.2, -0.15) is 0 Å². The molecule has 1 heterocycles. The normalized spacial score (nSPS) is 12.9. The van der Waals surface area contributed by atoms with Crippen molar-refractivity contribution in [1.29, 1.82) is 0 Å². The molecule has 0 saturated carbocycles. The average molecular weight is 260 g/mol. The van der Waals surface area contributed by atoms with E-state index in [1.165, 1.54) is 0 Å². The summed E-state index contributed by atoms with van der Waals surface area (Å²) in [7, 11) is 1.59. The summed E-state index contributed by atoms with van der Waals surface area (Å²) in [6, 6.07) is 5.58. The highest BCUT2D eigenvalue weighted by Gasteiger charge is 2.13. The minimum Gasteiger partial charge on any atom is -0.494 e. The zero-order valence-electron chi connectivity index (χ0n) is 11.9. The van der Waals surface area contributed by atoms with Crippen molar-refractivity contribution in [2.24, 2.45) is 5.92 Å². The Morgan fingerprint density at radius 1 is 1.32 bits per heavy atom. The molecule has 1 aromatic heterocycles. The number of ether oxygens (including phenoxy) is 1. The van der Waals surface area contributed by atoms with E-state index in [1.807, 2.05) is 12.1 Å². The lowest BCUT2D eigenvalue weighted by atomic mass is 10.1. The molecule has 0 aliphatic carbocycles. The topological polar surface area (TPSA) is 44.1 Å². The third-order valence-corrected chi connectivity index (χ3v) is 3.28. The van der Waals surface area contributed by atoms with Crippen molar-refractivity contribution in [3.8, 4) is 5.75 Å². The Morgan fingerprint density at radius 3 is 2.68 bits per heavy atom. The van der Waals surface area contributed by atoms with E-state index in [1.54, 1.807) is 24.1 Å². The van der Waals surface area contributed by atoms with Crippen molar-refractivity contribution in [2.45, 2.75) is 33.2 Å². The van der Waals surface area contributed by atoms with Crippen molar-refractivity contribution in [3.63, 3.8) is 0 Å². The Kier molecular flexibility index (Phi) is 3.88. The van der Waals surface area contributed by atoms with Crippen molar-refractivity contribution >= 4 is 10.9 Å². The molecule has 102 valence electrons. The highest BCUT2D eigenvalue weighted by atomic mass is 16.5. The van der Waals surface area contributed by atoms with Gasteiger partial charge < -0.3 is 4.74 Å². The maximum Gasteiger partial charge on any atom is 0.261 e. The van der Waals surface area contributed by atoms with Crippen LogP contribution < -0.4 is 10.3 Å². The van der Waals surface area contributed by atoms with E-state index in [0.717, 1.165) is 6.42 Å². The third-order valence-electron chi connectivity index (χ3n) is 3.28. The van der Waals surface area contributed by atoms with Crippen molar-refractivity contribution in [2.75, 3.05) is 7.11 Å². The van der Waals surface area contributed by atoms with Gasteiger partial charge in [-0.05, 0) is 31.4 Å². The first-order chi connectivity index (χ1) is 9.04. The highest BCUT2D eigenvalue weighted by Crippen LogP contribution is 2.21. The molecule has 4 heteroatoms. The Morgan fingerprint density at radius 2 is 2.05 bits per heavy atom. The molecule has 2 aromatic rings. The van der Waals surface area contributed by atoms with Gasteiger partial charge in [-0.3, -0.25) is 9.36 Å². The van der Waals surface area contributed by atoms with E-state index in [-0.39, 0.29) is 11.6 Å². The van der Waals surface area contributed by atoms with Gasteiger partial charge in [0, 0.05) is 6.04 Å². The Labute approximate surface area is 113 Å². The van der Waals surface area contributed by atoms with Crippen LogP contribution in [-0.2, 0) is 0 Å². The van der Waals surface area contributed by atoms with Crippen molar-refractivity contribution in [1.82, 2.24) is 9.55 Å². The molecule has 19 heavy (non-hydrogen) atoms. The number of hydrogen-bond donors (Lipinski definition) is 0. The van der Waals surface area contributed by atoms with E-state index in [4.69, 9.17) is 4.74 Å². The Bertz CT molecular complexity index is 632. The summed E-state index contributed by atoms with van der Waals surface area (Å²) in [6.45, 7) is 6.35. The summed E-state index contributed by atoms with van der Waals surface area (Å²) >= 11 is 0. The zero-order valence-corrected chi connectivity index (χ0v) is 11.9. The SMILES string of the molecule is COc1cccc2c(=O)n(C(C)CC(C)C)cnc12. The summed E-state index contributed by atoms with van der Waals surface area (Å²) in [6.07, 6.45) is 2.58. The van der Waals surface area contributed by atoms with Crippen molar-refractivity contribution < 1.29 is 4.74 Å². The number of fused-ring (bicyclic) bond motifs is 1. The molecule has 0 radical (unpaired) electrons. The largest absolute Gasteiger partial charge is 0.494 e. The number of nitrogens with zero attached hydrogens (tertiary/aromatic N) is 2. The predicted molar refractivity (Wildman–Crippen MR) is 76.7 cm³/mol. The van der Waals surface area contributed by atoms with Gasteiger partial charge in [-0.1, -0.05) is 19.9 Å². The van der Waals surface area contributed by atoms with Crippen LogP contribution in [-0.4, -0.2) is 16.7 Å². The number of rotatable bonds is 4. The molecule has 4 nitrogen and oxygen atoms in total. The Balaban J connectivity index is 2.55. The van der Waals surface area contributed by atoms with Crippen LogP contribution in [0.5, 0.6) is 5.75 Å². The van der Waals surface area contributed by atoms with E-state index in [9.17, 15) is 4.79 Å². The van der Waals surface area contributed by atoms with Crippen LogP contribution in [0.4, 0.5) is 0 Å². The van der Waals surface area contributed by atoms with Gasteiger partial charge in [0.15, 0.2) is 0 Å². The molecule has 1 atom stereocenters. The number of para-hydroxylation sites is 1. The molecule has 0 spiro atoms. The Hall–Kier alpha value is -1.84. The first-order valence-electron chi connectivity index (χ1n) is 6.58. The molecule has 0 saturated heterocycles. The van der Waals surface area contributed by atoms with E-state index in [0.29, 0.717) is 22.6 Å². The smallest absolute Gasteiger partial charge is 0.261 e. The second-order valence-corrected chi connectivity index (χ2v) is 5.29. The molecule has 1 unspecified atom stereocenters. The molecule has 0 N–H and O–H groups in total. The average Bonchev–Trinajstić information content (AvgIpc) is 2.37.